The molecular formula is C13H14N2O3. The van der Waals surface area contributed by atoms with E-state index in [0.29, 0.717) is 5.70 Å². The minimum atomic E-state index is -0.927. The van der Waals surface area contributed by atoms with Crippen LogP contribution in [0, 0.1) is 19.3 Å². The average molecular weight is 246 g/mol. The Morgan fingerprint density at radius 1 is 1.11 bits per heavy atom. The third-order valence-corrected chi connectivity index (χ3v) is 2.87. The molecule has 0 aliphatic heterocycles. The van der Waals surface area contributed by atoms with Crippen LogP contribution in [0.3, 0.4) is 0 Å². The van der Waals surface area contributed by atoms with Crippen molar-refractivity contribution in [1.29, 1.82) is 5.41 Å². The number of aliphatic hydroxyl groups excluding tert-OH is 2. The maximum atomic E-state index is 9.90. The lowest BCUT2D eigenvalue weighted by molar-refractivity contribution is 0.189. The molecule has 4 N–H and O–H groups in total. The quantitative estimate of drug-likeness (QED) is 0.574. The highest BCUT2D eigenvalue weighted by Crippen LogP contribution is 2.26. The average Bonchev–Trinajstić information content (AvgIpc) is 2.59. The van der Waals surface area contributed by atoms with Crippen molar-refractivity contribution in [2.24, 2.45) is 0 Å². The Balaban J connectivity index is 2.64. The Bertz CT molecular complexity index is 595. The number of aryl methyl sites for hydroxylation is 2. The van der Waals surface area contributed by atoms with Gasteiger partial charge in [0.05, 0.1) is 17.0 Å². The van der Waals surface area contributed by atoms with Crippen molar-refractivity contribution in [1.82, 2.24) is 4.57 Å². The molecule has 2 rings (SSSR count). The van der Waals surface area contributed by atoms with Crippen LogP contribution in [0.2, 0.25) is 0 Å². The first-order valence-corrected chi connectivity index (χ1v) is 5.41. The third-order valence-electron chi connectivity index (χ3n) is 2.87. The molecule has 0 unspecified atom stereocenters. The number of aliphatic hydroxyl groups is 3. The van der Waals surface area contributed by atoms with E-state index < -0.39 is 5.95 Å². The smallest absolute Gasteiger partial charge is 0.283 e. The van der Waals surface area contributed by atoms with Gasteiger partial charge >= 0.3 is 0 Å². The number of hydrogen-bond donors (Lipinski definition) is 4. The van der Waals surface area contributed by atoms with Crippen LogP contribution in [0.5, 0.6) is 0 Å². The van der Waals surface area contributed by atoms with E-state index in [4.69, 9.17) is 15.6 Å². The fraction of sp³-hybridized carbons (Fsp3) is 0.154. The summed E-state index contributed by atoms with van der Waals surface area (Å²) in [5.74, 6) is -1.00. The number of nitrogens with one attached hydrogen (secondary N) is 1. The van der Waals surface area contributed by atoms with E-state index in [1.807, 2.05) is 26.0 Å². The molecule has 0 bridgehead atoms. The van der Waals surface area contributed by atoms with Gasteiger partial charge in [-0.1, -0.05) is 0 Å². The second-order valence-electron chi connectivity index (χ2n) is 4.16. The molecule has 1 aliphatic rings. The molecule has 0 saturated heterocycles. The number of rotatable bonds is 1. The molecule has 18 heavy (non-hydrogen) atoms. The summed E-state index contributed by atoms with van der Waals surface area (Å²) < 4.78 is 1.78. The van der Waals surface area contributed by atoms with Gasteiger partial charge in [0.2, 0.25) is 0 Å². The molecule has 1 aromatic heterocycles. The van der Waals surface area contributed by atoms with Crippen molar-refractivity contribution in [2.75, 3.05) is 0 Å². The van der Waals surface area contributed by atoms with Crippen LogP contribution in [0.15, 0.2) is 41.6 Å². The Kier molecular flexibility index (Phi) is 2.74. The van der Waals surface area contributed by atoms with Gasteiger partial charge in [-0.25, -0.2) is 0 Å². The fourth-order valence-corrected chi connectivity index (χ4v) is 1.99. The molecule has 94 valence electrons. The maximum Gasteiger partial charge on any atom is 0.283 e. The van der Waals surface area contributed by atoms with Crippen molar-refractivity contribution in [3.63, 3.8) is 0 Å². The molecule has 1 heterocycles. The predicted molar refractivity (Wildman–Crippen MR) is 68.9 cm³/mol. The summed E-state index contributed by atoms with van der Waals surface area (Å²) in [7, 11) is 0. The van der Waals surface area contributed by atoms with Crippen LogP contribution in [0.1, 0.15) is 11.4 Å². The highest BCUT2D eigenvalue weighted by atomic mass is 16.5. The molecule has 1 aliphatic carbocycles. The number of nitrogens with zero attached hydrogens (tertiary/aromatic N) is 1. The van der Waals surface area contributed by atoms with E-state index in [1.54, 1.807) is 4.57 Å². The van der Waals surface area contributed by atoms with Crippen LogP contribution in [-0.2, 0) is 0 Å². The van der Waals surface area contributed by atoms with Crippen molar-refractivity contribution in [2.45, 2.75) is 13.8 Å². The normalized spacial score (nSPS) is 15.4. The topological polar surface area (TPSA) is 89.5 Å². The molecule has 0 aromatic carbocycles. The van der Waals surface area contributed by atoms with Crippen LogP contribution in [0.4, 0.5) is 0 Å². The fourth-order valence-electron chi connectivity index (χ4n) is 1.99. The van der Waals surface area contributed by atoms with Crippen molar-refractivity contribution in [3.8, 4) is 0 Å². The lowest BCUT2D eigenvalue weighted by atomic mass is 10.0. The summed E-state index contributed by atoms with van der Waals surface area (Å²) >= 11 is 0. The molecular weight excluding hydrogens is 232 g/mol. The van der Waals surface area contributed by atoms with E-state index in [2.05, 4.69) is 0 Å². The van der Waals surface area contributed by atoms with Crippen molar-refractivity contribution >= 4 is 11.4 Å². The Morgan fingerprint density at radius 2 is 1.67 bits per heavy atom. The van der Waals surface area contributed by atoms with Crippen molar-refractivity contribution < 1.29 is 15.3 Å². The summed E-state index contributed by atoms with van der Waals surface area (Å²) in [5.41, 5.74) is 2.07. The van der Waals surface area contributed by atoms with Gasteiger partial charge in [-0.05, 0) is 32.1 Å². The zero-order valence-corrected chi connectivity index (χ0v) is 10.1. The summed E-state index contributed by atoms with van der Waals surface area (Å²) in [6, 6.07) is 3.79. The first kappa shape index (κ1) is 12.0. The standard InChI is InChI=1S/C13H14N2O3/c1-7-3-4-8(2)15(7)11-5-9(13(17)18)10(14)6-12(11)16/h3-6,14,16-18H,1-2H3. The van der Waals surface area contributed by atoms with Crippen LogP contribution >= 0.6 is 0 Å². The largest absolute Gasteiger partial charge is 0.506 e. The monoisotopic (exact) mass is 246 g/mol. The van der Waals surface area contributed by atoms with Crippen LogP contribution in [0.25, 0.3) is 5.70 Å². The lowest BCUT2D eigenvalue weighted by Gasteiger charge is -2.18. The highest BCUT2D eigenvalue weighted by molar-refractivity contribution is 6.12. The summed E-state index contributed by atoms with van der Waals surface area (Å²) in [6.07, 6.45) is 2.57. The second-order valence-corrected chi connectivity index (χ2v) is 4.16. The molecule has 0 radical (unpaired) electrons. The van der Waals surface area contributed by atoms with Gasteiger partial charge in [0.15, 0.2) is 0 Å². The van der Waals surface area contributed by atoms with Gasteiger partial charge in [-0.2, -0.15) is 0 Å². The van der Waals surface area contributed by atoms with E-state index in [0.717, 1.165) is 11.4 Å². The molecule has 0 fully saturated rings. The van der Waals surface area contributed by atoms with Gasteiger partial charge in [0, 0.05) is 17.5 Å². The molecule has 5 nitrogen and oxygen atoms in total. The molecule has 0 spiro atoms. The van der Waals surface area contributed by atoms with Crippen molar-refractivity contribution in [3.05, 3.63) is 53.0 Å². The highest BCUT2D eigenvalue weighted by Gasteiger charge is 2.20. The predicted octanol–water partition coefficient (Wildman–Crippen LogP) is 2.75. The van der Waals surface area contributed by atoms with Gasteiger partial charge in [0.25, 0.3) is 5.95 Å². The molecule has 5 heteroatoms. The minimum absolute atomic E-state index is 0.0182. The van der Waals surface area contributed by atoms with E-state index in [-0.39, 0.29) is 17.0 Å². The van der Waals surface area contributed by atoms with Gasteiger partial charge in [-0.15, -0.1) is 0 Å². The number of hydrogen-bond acceptors (Lipinski definition) is 4. The first-order chi connectivity index (χ1) is 8.41. The minimum Gasteiger partial charge on any atom is -0.506 e. The van der Waals surface area contributed by atoms with Crippen LogP contribution in [-0.4, -0.2) is 25.6 Å². The van der Waals surface area contributed by atoms with Gasteiger partial charge in [0.1, 0.15) is 5.76 Å². The van der Waals surface area contributed by atoms with Crippen LogP contribution < -0.4 is 0 Å². The molecule has 0 amide bonds. The SMILES string of the molecule is Cc1ccc(C)n1C1=CC(=C(O)O)C(=N)C=C1O. The van der Waals surface area contributed by atoms with E-state index >= 15 is 0 Å². The van der Waals surface area contributed by atoms with Gasteiger partial charge < -0.3 is 19.9 Å². The maximum absolute atomic E-state index is 9.90. The van der Waals surface area contributed by atoms with E-state index in [1.165, 1.54) is 12.2 Å². The second kappa shape index (κ2) is 4.10. The number of aromatic nitrogens is 1. The number of allylic oxidation sites excluding steroid dienone is 4. The summed E-state index contributed by atoms with van der Waals surface area (Å²) in [4.78, 5) is 0. The first-order valence-electron chi connectivity index (χ1n) is 5.41. The Morgan fingerprint density at radius 3 is 2.17 bits per heavy atom. The van der Waals surface area contributed by atoms with Gasteiger partial charge in [-0.3, -0.25) is 5.41 Å². The van der Waals surface area contributed by atoms with E-state index in [9.17, 15) is 5.11 Å². The summed E-state index contributed by atoms with van der Waals surface area (Å²) in [6.45, 7) is 3.76. The zero-order valence-electron chi connectivity index (χ0n) is 10.1. The zero-order chi connectivity index (χ0) is 13.4. The summed E-state index contributed by atoms with van der Waals surface area (Å²) in [5, 5.41) is 35.7. The lowest BCUT2D eigenvalue weighted by Crippen LogP contribution is -2.13. The Hall–Kier alpha value is -2.43. The third kappa shape index (κ3) is 1.79. The molecule has 1 aromatic rings. The molecule has 0 atom stereocenters. The molecule has 0 saturated carbocycles. The Labute approximate surface area is 104 Å².